The van der Waals surface area contributed by atoms with Gasteiger partial charge in [-0.2, -0.15) is 9.97 Å². The third kappa shape index (κ3) is 10.6. The number of anilines is 2. The SMILES string of the molecule is CCc1c(F)ccc2cc(O)cc(-c3ncc4c(N5CCC[C@@](C)(O)C5)nc(OCC5(CN6CCC(F)(CN7CCC(N8CCN(c9cc(F)c(C%10CCC(=O)NC%10=O)c(F)c9)CC8)CC7)CC6)CC5)nc4c3F)c12. The number of nitrogens with zero attached hydrogens (tertiary/aromatic N) is 8. The van der Waals surface area contributed by atoms with Gasteiger partial charge in [-0.3, -0.25) is 24.8 Å². The third-order valence-electron chi connectivity index (χ3n) is 17.1. The number of likely N-dealkylation sites (tertiary alicyclic amines) is 2. The van der Waals surface area contributed by atoms with Crippen LogP contribution in [0.15, 0.2) is 42.6 Å². The fourth-order valence-corrected chi connectivity index (χ4v) is 12.7. The standard InChI is InChI=1S/C56H66F5N9O5/c1-3-38-42(57)7-5-34-25-37(71)28-40(46(34)38)49-48(60)50-41(29-62-49)51(70-16-4-11-54(2,74)30-70)65-53(64-50)75-33-55(12-13-55)31-67-19-14-56(61,15-20-67)32-66-17-9-35(10-18-66)68-21-23-69(24-22-68)36-26-43(58)47(44(59)27-36)39-6-8-45(72)63-52(39)73/h5,7,25-29,35,39,71,74H,3-4,6,8-24,30-33H2,1-2H3,(H,63,72,73)/t39?,54-/m1/s1. The molecule has 2 aromatic heterocycles. The number of pyridine rings is 1. The lowest BCUT2D eigenvalue weighted by atomic mass is 9.89. The van der Waals surface area contributed by atoms with Crippen molar-refractivity contribution in [1.29, 1.82) is 0 Å². The summed E-state index contributed by atoms with van der Waals surface area (Å²) in [5.41, 5.74) is -1.87. The van der Waals surface area contributed by atoms with E-state index >= 15 is 22.0 Å². The van der Waals surface area contributed by atoms with Gasteiger partial charge in [0.2, 0.25) is 11.8 Å². The van der Waals surface area contributed by atoms with E-state index in [1.807, 2.05) is 16.7 Å². The number of piperazine rings is 1. The van der Waals surface area contributed by atoms with E-state index in [1.165, 1.54) is 36.5 Å². The van der Waals surface area contributed by atoms with Gasteiger partial charge in [0.1, 0.15) is 45.9 Å². The van der Waals surface area contributed by atoms with Crippen LogP contribution in [0, 0.1) is 28.7 Å². The molecule has 5 saturated heterocycles. The number of imide groups is 1. The minimum absolute atomic E-state index is 0.0115. The monoisotopic (exact) mass is 1040 g/mol. The minimum atomic E-state index is -1.30. The number of aromatic hydroxyl groups is 1. The Morgan fingerprint density at radius 2 is 1.53 bits per heavy atom. The van der Waals surface area contributed by atoms with Crippen LogP contribution in [0.5, 0.6) is 11.8 Å². The van der Waals surface area contributed by atoms with Gasteiger partial charge in [0.25, 0.3) is 0 Å². The first-order valence-corrected chi connectivity index (χ1v) is 26.8. The Bertz CT molecular complexity index is 2980. The van der Waals surface area contributed by atoms with Gasteiger partial charge >= 0.3 is 6.01 Å². The molecule has 2 amide bonds. The van der Waals surface area contributed by atoms with Crippen molar-refractivity contribution in [1.82, 2.24) is 35.0 Å². The second-order valence-corrected chi connectivity index (χ2v) is 22.6. The van der Waals surface area contributed by atoms with E-state index in [1.54, 1.807) is 13.0 Å². The predicted molar refractivity (Wildman–Crippen MR) is 275 cm³/mol. The number of hydrogen-bond acceptors (Lipinski definition) is 13. The highest BCUT2D eigenvalue weighted by molar-refractivity contribution is 6.02. The second kappa shape index (κ2) is 20.3. The first-order chi connectivity index (χ1) is 36.0. The van der Waals surface area contributed by atoms with E-state index in [-0.39, 0.29) is 65.5 Å². The van der Waals surface area contributed by atoms with Crippen LogP contribution in [0.4, 0.5) is 33.5 Å². The Morgan fingerprint density at radius 1 is 0.813 bits per heavy atom. The molecule has 19 heteroatoms. The number of alkyl halides is 1. The number of phenolic OH excluding ortho intramolecular Hbond substituents is 1. The normalized spacial score (nSPS) is 24.0. The van der Waals surface area contributed by atoms with Crippen molar-refractivity contribution < 1.29 is 46.5 Å². The lowest BCUT2D eigenvalue weighted by molar-refractivity contribution is -0.134. The van der Waals surface area contributed by atoms with E-state index in [0.717, 1.165) is 58.4 Å². The van der Waals surface area contributed by atoms with Gasteiger partial charge in [-0.1, -0.05) is 13.0 Å². The molecule has 11 rings (SSSR count). The van der Waals surface area contributed by atoms with Gasteiger partial charge in [-0.15, -0.1) is 0 Å². The van der Waals surface area contributed by atoms with Crippen LogP contribution >= 0.6 is 0 Å². The summed E-state index contributed by atoms with van der Waals surface area (Å²) in [4.78, 5) is 48.9. The van der Waals surface area contributed by atoms with Crippen molar-refractivity contribution in [2.45, 2.75) is 108 Å². The third-order valence-corrected chi connectivity index (χ3v) is 17.1. The molecule has 1 aliphatic carbocycles. The maximum absolute atomic E-state index is 17.1. The maximum atomic E-state index is 17.1. The zero-order chi connectivity index (χ0) is 52.4. The van der Waals surface area contributed by atoms with E-state index in [2.05, 4.69) is 30.0 Å². The first kappa shape index (κ1) is 51.4. The van der Waals surface area contributed by atoms with Crippen molar-refractivity contribution in [3.05, 3.63) is 77.0 Å². The number of ether oxygens (including phenoxy) is 1. The molecule has 6 fully saturated rings. The Kier molecular flexibility index (Phi) is 13.9. The number of β-amino-alcohol motifs (C(OH)–C–C–N with tert-alkyl or cyclic N) is 1. The number of aromatic nitrogens is 3. The Hall–Kier alpha value is -5.76. The minimum Gasteiger partial charge on any atom is -0.508 e. The fraction of sp³-hybridized carbons (Fsp3) is 0.554. The maximum Gasteiger partial charge on any atom is 0.319 e. The summed E-state index contributed by atoms with van der Waals surface area (Å²) in [6, 6.07) is 8.73. The van der Waals surface area contributed by atoms with Crippen molar-refractivity contribution in [2.75, 3.05) is 94.9 Å². The van der Waals surface area contributed by atoms with E-state index in [9.17, 15) is 19.8 Å². The molecule has 75 heavy (non-hydrogen) atoms. The molecule has 1 saturated carbocycles. The Morgan fingerprint density at radius 3 is 2.21 bits per heavy atom. The number of halogens is 5. The summed E-state index contributed by atoms with van der Waals surface area (Å²) in [7, 11) is 0. The topological polar surface area (TPSA) is 151 Å². The molecular weight excluding hydrogens is 974 g/mol. The van der Waals surface area contributed by atoms with Gasteiger partial charge in [-0.05, 0) is 131 Å². The molecule has 3 N–H and O–H groups in total. The zero-order valence-electron chi connectivity index (χ0n) is 42.8. The molecule has 5 aliphatic heterocycles. The van der Waals surface area contributed by atoms with Crippen LogP contribution in [0.25, 0.3) is 32.9 Å². The first-order valence-electron chi connectivity index (χ1n) is 26.8. The molecule has 5 aromatic rings. The number of fused-ring (bicyclic) bond motifs is 2. The zero-order valence-corrected chi connectivity index (χ0v) is 42.8. The van der Waals surface area contributed by atoms with E-state index < -0.39 is 52.3 Å². The van der Waals surface area contributed by atoms with Crippen molar-refractivity contribution in [2.24, 2.45) is 5.41 Å². The van der Waals surface area contributed by atoms with Gasteiger partial charge < -0.3 is 34.5 Å². The number of hydrogen-bond donors (Lipinski definition) is 3. The summed E-state index contributed by atoms with van der Waals surface area (Å²) >= 11 is 0. The number of carbonyl (C=O) groups excluding carboxylic acids is 2. The van der Waals surface area contributed by atoms with Gasteiger partial charge in [-0.25, -0.2) is 22.0 Å². The molecular formula is C56H66F5N9O5. The number of carbonyl (C=O) groups is 2. The number of piperidine rings is 4. The summed E-state index contributed by atoms with van der Waals surface area (Å²) in [6.07, 6.45) is 7.72. The van der Waals surface area contributed by atoms with Crippen LogP contribution in [0.1, 0.15) is 95.1 Å². The Labute approximate surface area is 433 Å². The lowest BCUT2D eigenvalue weighted by Gasteiger charge is -2.45. The van der Waals surface area contributed by atoms with Crippen LogP contribution < -0.4 is 19.9 Å². The molecule has 3 aromatic carbocycles. The molecule has 2 atom stereocenters. The van der Waals surface area contributed by atoms with Crippen LogP contribution in [-0.2, 0) is 16.0 Å². The summed E-state index contributed by atoms with van der Waals surface area (Å²) in [5, 5.41) is 25.4. The van der Waals surface area contributed by atoms with Gasteiger partial charge in [0, 0.05) is 106 Å². The fourth-order valence-electron chi connectivity index (χ4n) is 12.7. The van der Waals surface area contributed by atoms with Crippen molar-refractivity contribution >= 4 is 45.0 Å². The molecule has 0 bridgehead atoms. The number of phenols is 1. The van der Waals surface area contributed by atoms with Gasteiger partial charge in [0.15, 0.2) is 5.82 Å². The highest BCUT2D eigenvalue weighted by Gasteiger charge is 2.47. The van der Waals surface area contributed by atoms with Crippen molar-refractivity contribution in [3.8, 4) is 23.0 Å². The van der Waals surface area contributed by atoms with Crippen LogP contribution in [0.3, 0.4) is 0 Å². The number of benzene rings is 3. The number of nitrogens with one attached hydrogen (secondary N) is 1. The van der Waals surface area contributed by atoms with Gasteiger partial charge in [0.05, 0.1) is 23.5 Å². The second-order valence-electron chi connectivity index (χ2n) is 22.6. The summed E-state index contributed by atoms with van der Waals surface area (Å²) in [6.45, 7) is 11.3. The average molecular weight is 1040 g/mol. The molecule has 6 aliphatic rings. The largest absolute Gasteiger partial charge is 0.508 e. The molecule has 7 heterocycles. The summed E-state index contributed by atoms with van der Waals surface area (Å²) < 4.78 is 86.0. The molecule has 1 unspecified atom stereocenters. The highest BCUT2D eigenvalue weighted by atomic mass is 19.2. The molecule has 400 valence electrons. The highest BCUT2D eigenvalue weighted by Crippen LogP contribution is 2.48. The number of rotatable bonds is 13. The number of amides is 2. The molecule has 14 nitrogen and oxygen atoms in total. The van der Waals surface area contributed by atoms with Crippen molar-refractivity contribution in [3.63, 3.8) is 0 Å². The number of aryl methyl sites for hydroxylation is 1. The van der Waals surface area contributed by atoms with E-state index in [4.69, 9.17) is 9.72 Å². The predicted octanol–water partition coefficient (Wildman–Crippen LogP) is 7.79. The van der Waals surface area contributed by atoms with Crippen LogP contribution in [0.2, 0.25) is 0 Å². The van der Waals surface area contributed by atoms with Crippen LogP contribution in [-0.4, -0.2) is 154 Å². The lowest BCUT2D eigenvalue weighted by Crippen LogP contribution is -2.55. The number of aliphatic hydroxyl groups is 1. The average Bonchev–Trinajstić information content (AvgIpc) is 4.16. The quantitative estimate of drug-likeness (QED) is 0.0779. The Balaban J connectivity index is 0.696. The summed E-state index contributed by atoms with van der Waals surface area (Å²) in [5.74, 6) is -4.63. The van der Waals surface area contributed by atoms with E-state index in [0.29, 0.717) is 111 Å². The molecule has 0 radical (unpaired) electrons. The smallest absolute Gasteiger partial charge is 0.319 e. The molecule has 0 spiro atoms.